The number of aromatic nitrogens is 2. The topological polar surface area (TPSA) is 95.1 Å². The van der Waals surface area contributed by atoms with Crippen molar-refractivity contribution in [3.05, 3.63) is 99.4 Å². The van der Waals surface area contributed by atoms with Crippen LogP contribution in [0.15, 0.2) is 77.7 Å². The van der Waals surface area contributed by atoms with Crippen molar-refractivity contribution in [3.63, 3.8) is 0 Å². The van der Waals surface area contributed by atoms with Gasteiger partial charge in [-0.05, 0) is 35.4 Å². The minimum absolute atomic E-state index is 0.0270. The minimum atomic E-state index is -3.38. The van der Waals surface area contributed by atoms with E-state index in [1.807, 2.05) is 0 Å². The van der Waals surface area contributed by atoms with Gasteiger partial charge in [-0.25, -0.2) is 12.8 Å². The van der Waals surface area contributed by atoms with E-state index in [1.165, 1.54) is 36.4 Å². The summed E-state index contributed by atoms with van der Waals surface area (Å²) in [7, 11) is -3.38. The number of sulfone groups is 1. The van der Waals surface area contributed by atoms with Crippen LogP contribution in [-0.4, -0.2) is 29.4 Å². The Hall–Kier alpha value is -3.56. The second kappa shape index (κ2) is 8.76. The first-order chi connectivity index (χ1) is 15.6. The first-order valence-electron chi connectivity index (χ1n) is 9.69. The van der Waals surface area contributed by atoms with Gasteiger partial charge in [-0.2, -0.15) is 5.10 Å². The molecule has 0 aliphatic carbocycles. The van der Waals surface area contributed by atoms with Crippen LogP contribution in [0.25, 0.3) is 22.4 Å². The molecule has 4 rings (SSSR count). The summed E-state index contributed by atoms with van der Waals surface area (Å²) in [5.74, 6) is -0.396. The Labute approximate surface area is 194 Å². The summed E-state index contributed by atoms with van der Waals surface area (Å²) in [5.41, 5.74) is 3.18. The van der Waals surface area contributed by atoms with E-state index >= 15 is 0 Å². The number of halogens is 2. The van der Waals surface area contributed by atoms with Crippen molar-refractivity contribution in [1.29, 1.82) is 0 Å². The third-order valence-corrected chi connectivity index (χ3v) is 6.47. The quantitative estimate of drug-likeness (QED) is 0.270. The molecule has 33 heavy (non-hydrogen) atoms. The molecule has 3 aromatic carbocycles. The molecule has 0 saturated carbocycles. The summed E-state index contributed by atoms with van der Waals surface area (Å²) in [4.78, 5) is 10.6. The maximum atomic E-state index is 13.5. The van der Waals surface area contributed by atoms with Gasteiger partial charge in [0.05, 0.1) is 22.1 Å². The molecule has 0 amide bonds. The SMILES string of the molecule is CS(=O)(=O)c1ccc(-c2c(-c3ccc(F)cc3)c(Cl)nn2Cc2ccc([N+](=O)[O-])cc2)cc1. The molecule has 0 atom stereocenters. The van der Waals surface area contributed by atoms with E-state index in [-0.39, 0.29) is 22.3 Å². The Bertz CT molecular complexity index is 1430. The first kappa shape index (κ1) is 22.6. The predicted molar refractivity (Wildman–Crippen MR) is 123 cm³/mol. The van der Waals surface area contributed by atoms with Crippen LogP contribution in [-0.2, 0) is 16.4 Å². The third kappa shape index (κ3) is 4.79. The van der Waals surface area contributed by atoms with Gasteiger partial charge in [0.1, 0.15) is 5.82 Å². The summed E-state index contributed by atoms with van der Waals surface area (Å²) in [5, 5.41) is 15.6. The lowest BCUT2D eigenvalue weighted by Crippen LogP contribution is -2.05. The maximum absolute atomic E-state index is 13.5. The van der Waals surface area contributed by atoms with Crippen LogP contribution in [0, 0.1) is 15.9 Å². The predicted octanol–water partition coefficient (Wildman–Crippen LogP) is 5.37. The van der Waals surface area contributed by atoms with Crippen molar-refractivity contribution < 1.29 is 17.7 Å². The number of nitro groups is 1. The molecule has 168 valence electrons. The lowest BCUT2D eigenvalue weighted by Gasteiger charge is -2.11. The number of benzene rings is 3. The van der Waals surface area contributed by atoms with E-state index in [2.05, 4.69) is 5.10 Å². The van der Waals surface area contributed by atoms with Gasteiger partial charge in [0.25, 0.3) is 5.69 Å². The summed E-state index contributed by atoms with van der Waals surface area (Å²) in [6, 6.07) is 18.2. The highest BCUT2D eigenvalue weighted by atomic mass is 35.5. The third-order valence-electron chi connectivity index (χ3n) is 5.08. The van der Waals surface area contributed by atoms with Crippen molar-refractivity contribution in [2.75, 3.05) is 6.26 Å². The maximum Gasteiger partial charge on any atom is 0.269 e. The van der Waals surface area contributed by atoms with Gasteiger partial charge in [-0.1, -0.05) is 48.0 Å². The van der Waals surface area contributed by atoms with Gasteiger partial charge in [0.15, 0.2) is 15.0 Å². The molecule has 0 N–H and O–H groups in total. The summed E-state index contributed by atoms with van der Waals surface area (Å²) >= 11 is 6.50. The molecule has 1 heterocycles. The highest BCUT2D eigenvalue weighted by Crippen LogP contribution is 2.38. The summed E-state index contributed by atoms with van der Waals surface area (Å²) in [6.45, 7) is 0.252. The van der Waals surface area contributed by atoms with E-state index in [0.717, 1.165) is 11.8 Å². The molecule has 0 spiro atoms. The van der Waals surface area contributed by atoms with Gasteiger partial charge in [0.2, 0.25) is 0 Å². The summed E-state index contributed by atoms with van der Waals surface area (Å²) in [6.07, 6.45) is 1.13. The second-order valence-corrected chi connectivity index (χ2v) is 9.77. The number of rotatable bonds is 6. The van der Waals surface area contributed by atoms with E-state index in [9.17, 15) is 22.9 Å². The average molecular weight is 486 g/mol. The number of non-ortho nitro benzene ring substituents is 1. The molecule has 0 fully saturated rings. The molecule has 10 heteroatoms. The first-order valence-corrected chi connectivity index (χ1v) is 12.0. The fraction of sp³-hybridized carbons (Fsp3) is 0.0870. The molecule has 0 saturated heterocycles. The van der Waals surface area contributed by atoms with Crippen molar-refractivity contribution in [1.82, 2.24) is 9.78 Å². The molecule has 0 bridgehead atoms. The highest BCUT2D eigenvalue weighted by Gasteiger charge is 2.21. The Morgan fingerprint density at radius 2 is 1.55 bits per heavy atom. The Morgan fingerprint density at radius 1 is 0.970 bits per heavy atom. The molecule has 7 nitrogen and oxygen atoms in total. The Kier molecular flexibility index (Phi) is 6.01. The van der Waals surface area contributed by atoms with E-state index in [1.54, 1.807) is 41.1 Å². The van der Waals surface area contributed by atoms with Crippen LogP contribution in [0.4, 0.5) is 10.1 Å². The molecule has 0 aliphatic heterocycles. The average Bonchev–Trinajstić information content (AvgIpc) is 3.09. The smallest absolute Gasteiger partial charge is 0.258 e. The fourth-order valence-corrected chi connectivity index (χ4v) is 4.39. The Balaban J connectivity index is 1.85. The lowest BCUT2D eigenvalue weighted by molar-refractivity contribution is -0.384. The van der Waals surface area contributed by atoms with Crippen LogP contribution >= 0.6 is 11.6 Å². The standard InChI is InChI=1S/C23H17ClFN3O4S/c1-33(31,32)20-12-6-17(7-13-20)22-21(16-4-8-18(25)9-5-16)23(24)26-27(22)14-15-2-10-19(11-3-15)28(29)30/h2-13H,14H2,1H3. The van der Waals surface area contributed by atoms with Gasteiger partial charge in [0, 0.05) is 29.5 Å². The van der Waals surface area contributed by atoms with Crippen LogP contribution in [0.5, 0.6) is 0 Å². The van der Waals surface area contributed by atoms with Gasteiger partial charge < -0.3 is 0 Å². The van der Waals surface area contributed by atoms with E-state index in [0.29, 0.717) is 22.4 Å². The molecular weight excluding hydrogens is 469 g/mol. The largest absolute Gasteiger partial charge is 0.269 e. The molecule has 0 unspecified atom stereocenters. The summed E-state index contributed by atoms with van der Waals surface area (Å²) < 4.78 is 38.9. The second-order valence-electron chi connectivity index (χ2n) is 7.40. The molecule has 0 radical (unpaired) electrons. The Morgan fingerprint density at radius 3 is 2.09 bits per heavy atom. The molecule has 1 aromatic heterocycles. The molecule has 4 aromatic rings. The zero-order chi connectivity index (χ0) is 23.8. The van der Waals surface area contributed by atoms with Crippen molar-refractivity contribution >= 4 is 27.1 Å². The van der Waals surface area contributed by atoms with Crippen LogP contribution in [0.1, 0.15) is 5.56 Å². The number of hydrogen-bond acceptors (Lipinski definition) is 5. The number of hydrogen-bond donors (Lipinski definition) is 0. The fourth-order valence-electron chi connectivity index (χ4n) is 3.47. The monoisotopic (exact) mass is 485 g/mol. The van der Waals surface area contributed by atoms with Gasteiger partial charge >= 0.3 is 0 Å². The normalized spacial score (nSPS) is 11.5. The van der Waals surface area contributed by atoms with Gasteiger partial charge in [-0.3, -0.25) is 14.8 Å². The highest BCUT2D eigenvalue weighted by molar-refractivity contribution is 7.90. The number of nitrogens with zero attached hydrogens (tertiary/aromatic N) is 3. The van der Waals surface area contributed by atoms with Crippen LogP contribution in [0.3, 0.4) is 0 Å². The number of nitro benzene ring substituents is 1. The van der Waals surface area contributed by atoms with Crippen LogP contribution in [0.2, 0.25) is 5.15 Å². The van der Waals surface area contributed by atoms with E-state index in [4.69, 9.17) is 11.6 Å². The minimum Gasteiger partial charge on any atom is -0.258 e. The van der Waals surface area contributed by atoms with Crippen molar-refractivity contribution in [2.45, 2.75) is 11.4 Å². The zero-order valence-corrected chi connectivity index (χ0v) is 18.8. The van der Waals surface area contributed by atoms with Crippen molar-refractivity contribution in [3.8, 4) is 22.4 Å². The van der Waals surface area contributed by atoms with Gasteiger partial charge in [-0.15, -0.1) is 0 Å². The van der Waals surface area contributed by atoms with E-state index < -0.39 is 20.6 Å². The van der Waals surface area contributed by atoms with Crippen LogP contribution < -0.4 is 0 Å². The molecule has 0 aliphatic rings. The molecular formula is C23H17ClFN3O4S. The lowest BCUT2D eigenvalue weighted by atomic mass is 10.0. The zero-order valence-electron chi connectivity index (χ0n) is 17.3. The van der Waals surface area contributed by atoms with Crippen molar-refractivity contribution in [2.24, 2.45) is 0 Å².